The topological polar surface area (TPSA) is 70.8 Å². The molecule has 0 fully saturated rings. The number of nitrogens with zero attached hydrogens (tertiary/aromatic N) is 1. The normalized spacial score (nSPS) is 12.0. The minimum atomic E-state index is -4.55. The van der Waals surface area contributed by atoms with Gasteiger partial charge in [0.15, 0.2) is 5.75 Å². The highest BCUT2D eigenvalue weighted by Crippen LogP contribution is 2.37. The van der Waals surface area contributed by atoms with Gasteiger partial charge in [0.1, 0.15) is 5.76 Å². The Morgan fingerprint density at radius 2 is 1.60 bits per heavy atom. The largest absolute Gasteiger partial charge is 0.504 e. The van der Waals surface area contributed by atoms with Crippen LogP contribution in [0.1, 0.15) is 28.2 Å². The van der Waals surface area contributed by atoms with Gasteiger partial charge < -0.3 is 9.52 Å². The molecule has 45 heavy (non-hydrogen) atoms. The van der Waals surface area contributed by atoms with E-state index < -0.39 is 28.5 Å². The molecule has 0 amide bonds. The number of hydrogen-bond acceptors (Lipinski definition) is 7. The molecule has 0 spiro atoms. The Morgan fingerprint density at radius 1 is 0.822 bits per heavy atom. The summed E-state index contributed by atoms with van der Waals surface area (Å²) in [5.74, 6) is -1.04. The van der Waals surface area contributed by atoms with Gasteiger partial charge in [-0.1, -0.05) is 72.8 Å². The van der Waals surface area contributed by atoms with E-state index in [9.17, 15) is 27.9 Å². The Kier molecular flexibility index (Phi) is 8.63. The van der Waals surface area contributed by atoms with Crippen LogP contribution >= 0.6 is 23.7 Å². The van der Waals surface area contributed by atoms with Gasteiger partial charge >= 0.3 is 6.18 Å². The standard InChI is InChI=1S/C35H26F3NO4S2/c1-21-9-12-24-5-2-3-8-28(24)34(21)45-39(19-26-15-16-30(43-26)35(36,37)38)18-22-10-13-23(14-11-22)25-6-4-7-27(17-25)44-20-29-31(40)33(42)32(29)41/h2-17,40H,18-20H2,1H3. The molecule has 0 aliphatic carbocycles. The summed E-state index contributed by atoms with van der Waals surface area (Å²) in [6.45, 7) is 2.62. The first-order valence-electron chi connectivity index (χ1n) is 14.0. The number of rotatable bonds is 10. The van der Waals surface area contributed by atoms with E-state index in [2.05, 4.69) is 6.07 Å². The zero-order chi connectivity index (χ0) is 31.7. The highest BCUT2D eigenvalue weighted by molar-refractivity contribution is 7.98. The first kappa shape index (κ1) is 30.8. The van der Waals surface area contributed by atoms with E-state index in [0.29, 0.717) is 6.54 Å². The number of aromatic hydroxyl groups is 1. The molecule has 5 aromatic carbocycles. The smallest absolute Gasteiger partial charge is 0.449 e. The van der Waals surface area contributed by atoms with Crippen LogP contribution in [-0.4, -0.2) is 9.41 Å². The molecule has 0 saturated heterocycles. The van der Waals surface area contributed by atoms with Crippen LogP contribution in [0.15, 0.2) is 121 Å². The zero-order valence-electron chi connectivity index (χ0n) is 23.9. The van der Waals surface area contributed by atoms with Gasteiger partial charge in [0.2, 0.25) is 11.2 Å². The van der Waals surface area contributed by atoms with Crippen molar-refractivity contribution in [3.63, 3.8) is 0 Å². The Labute approximate surface area is 265 Å². The number of halogens is 3. The lowest BCUT2D eigenvalue weighted by molar-refractivity contribution is -0.153. The van der Waals surface area contributed by atoms with Crippen LogP contribution < -0.4 is 10.9 Å². The quantitative estimate of drug-likeness (QED) is 0.0908. The molecular formula is C35H26F3NO4S2. The zero-order valence-corrected chi connectivity index (χ0v) is 25.6. The van der Waals surface area contributed by atoms with Crippen LogP contribution in [0.4, 0.5) is 13.2 Å². The fourth-order valence-electron chi connectivity index (χ4n) is 5.00. The van der Waals surface area contributed by atoms with E-state index in [0.717, 1.165) is 48.9 Å². The summed E-state index contributed by atoms with van der Waals surface area (Å²) in [4.78, 5) is 24.9. The second kappa shape index (κ2) is 12.6. The van der Waals surface area contributed by atoms with Crippen molar-refractivity contribution >= 4 is 34.5 Å². The van der Waals surface area contributed by atoms with E-state index in [4.69, 9.17) is 4.42 Å². The van der Waals surface area contributed by atoms with Gasteiger partial charge in [-0.2, -0.15) is 13.2 Å². The van der Waals surface area contributed by atoms with Crippen LogP contribution in [0, 0.1) is 6.92 Å². The number of fused-ring (bicyclic) bond motifs is 1. The molecule has 0 aliphatic heterocycles. The van der Waals surface area contributed by atoms with Crippen molar-refractivity contribution in [2.24, 2.45) is 0 Å². The summed E-state index contributed by atoms with van der Waals surface area (Å²) in [5, 5.41) is 11.8. The molecule has 0 unspecified atom stereocenters. The Hall–Kier alpha value is -4.25. The van der Waals surface area contributed by atoms with Gasteiger partial charge in [0.05, 0.1) is 12.1 Å². The predicted molar refractivity (Wildman–Crippen MR) is 172 cm³/mol. The molecule has 6 aromatic rings. The summed E-state index contributed by atoms with van der Waals surface area (Å²) in [6.07, 6.45) is -4.55. The molecule has 228 valence electrons. The van der Waals surface area contributed by atoms with E-state index in [-0.39, 0.29) is 23.6 Å². The van der Waals surface area contributed by atoms with E-state index in [1.165, 1.54) is 29.8 Å². The van der Waals surface area contributed by atoms with Gasteiger partial charge in [-0.15, -0.1) is 11.8 Å². The van der Waals surface area contributed by atoms with Crippen molar-refractivity contribution in [3.8, 4) is 16.9 Å². The van der Waals surface area contributed by atoms with Crippen molar-refractivity contribution in [2.45, 2.75) is 41.7 Å². The molecule has 10 heteroatoms. The van der Waals surface area contributed by atoms with Crippen molar-refractivity contribution in [2.75, 3.05) is 0 Å². The summed E-state index contributed by atoms with van der Waals surface area (Å²) in [6, 6.07) is 30.2. The fourth-order valence-corrected chi connectivity index (χ4v) is 7.12. The van der Waals surface area contributed by atoms with Crippen molar-refractivity contribution in [1.82, 2.24) is 4.31 Å². The van der Waals surface area contributed by atoms with Gasteiger partial charge in [-0.05, 0) is 76.2 Å². The summed E-state index contributed by atoms with van der Waals surface area (Å²) in [5.41, 5.74) is 2.61. The molecule has 1 heterocycles. The molecule has 1 N–H and O–H groups in total. The van der Waals surface area contributed by atoms with Crippen LogP contribution in [0.5, 0.6) is 5.75 Å². The van der Waals surface area contributed by atoms with Gasteiger partial charge in [-0.25, -0.2) is 4.31 Å². The van der Waals surface area contributed by atoms with Gasteiger partial charge in [0.25, 0.3) is 5.43 Å². The number of furan rings is 1. The lowest BCUT2D eigenvalue weighted by Gasteiger charge is -2.22. The predicted octanol–water partition coefficient (Wildman–Crippen LogP) is 8.73. The lowest BCUT2D eigenvalue weighted by Crippen LogP contribution is -2.33. The maximum Gasteiger partial charge on any atom is 0.449 e. The molecule has 0 saturated carbocycles. The fraction of sp³-hybridized carbons (Fsp3) is 0.143. The number of hydrogen-bond donors (Lipinski definition) is 1. The van der Waals surface area contributed by atoms with Crippen LogP contribution in [0.25, 0.3) is 21.9 Å². The van der Waals surface area contributed by atoms with Gasteiger partial charge in [-0.3, -0.25) is 9.59 Å². The molecule has 5 nitrogen and oxygen atoms in total. The third kappa shape index (κ3) is 6.73. The van der Waals surface area contributed by atoms with E-state index in [1.807, 2.05) is 90.1 Å². The van der Waals surface area contributed by atoms with Crippen molar-refractivity contribution in [1.29, 1.82) is 0 Å². The molecular weight excluding hydrogens is 620 g/mol. The highest BCUT2D eigenvalue weighted by atomic mass is 32.2. The molecule has 0 aliphatic rings. The van der Waals surface area contributed by atoms with Crippen LogP contribution in [0.3, 0.4) is 0 Å². The van der Waals surface area contributed by atoms with Crippen molar-refractivity contribution < 1.29 is 22.7 Å². The second-order valence-corrected chi connectivity index (χ2v) is 12.7. The molecule has 0 bridgehead atoms. The summed E-state index contributed by atoms with van der Waals surface area (Å²) >= 11 is 2.85. The first-order chi connectivity index (χ1) is 21.6. The molecule has 6 rings (SSSR count). The van der Waals surface area contributed by atoms with Crippen LogP contribution in [-0.2, 0) is 25.0 Å². The maximum atomic E-state index is 13.3. The Balaban J connectivity index is 1.22. The summed E-state index contributed by atoms with van der Waals surface area (Å²) in [7, 11) is 0. The van der Waals surface area contributed by atoms with Crippen LogP contribution in [0.2, 0.25) is 0 Å². The summed E-state index contributed by atoms with van der Waals surface area (Å²) < 4.78 is 46.9. The number of alkyl halides is 3. The number of benzene rings is 4. The van der Waals surface area contributed by atoms with Gasteiger partial charge in [0, 0.05) is 22.1 Å². The maximum absolute atomic E-state index is 13.3. The number of thioether (sulfide) groups is 1. The third-order valence-electron chi connectivity index (χ3n) is 7.41. The lowest BCUT2D eigenvalue weighted by atomic mass is 10.0. The molecule has 0 atom stereocenters. The number of aryl methyl sites for hydroxylation is 1. The first-order valence-corrected chi connectivity index (χ1v) is 15.7. The highest BCUT2D eigenvalue weighted by Gasteiger charge is 2.35. The average Bonchev–Trinajstić information content (AvgIpc) is 3.52. The average molecular weight is 646 g/mol. The molecule has 0 radical (unpaired) electrons. The van der Waals surface area contributed by atoms with E-state index >= 15 is 0 Å². The Bertz CT molecular complexity index is 2060. The third-order valence-corrected chi connectivity index (χ3v) is 9.68. The Morgan fingerprint density at radius 3 is 2.33 bits per heavy atom. The second-order valence-electron chi connectivity index (χ2n) is 10.6. The minimum Gasteiger partial charge on any atom is -0.504 e. The van der Waals surface area contributed by atoms with Crippen molar-refractivity contribution in [3.05, 3.63) is 146 Å². The van der Waals surface area contributed by atoms with E-state index in [1.54, 1.807) is 0 Å². The monoisotopic (exact) mass is 645 g/mol. The SMILES string of the molecule is Cc1ccc2ccccc2c1SN(Cc1ccc(-c2cccc(SCc3c(O)c(=O)c3=O)c2)cc1)Cc1ccc(C(F)(F)F)o1. The molecule has 1 aromatic heterocycles. The minimum absolute atomic E-state index is 0.144.